The molecule has 2 amide bonds. The van der Waals surface area contributed by atoms with Crippen molar-refractivity contribution in [2.24, 2.45) is 17.8 Å². The number of fused-ring (bicyclic) bond motifs is 1. The monoisotopic (exact) mass is 554 g/mol. The Bertz CT molecular complexity index is 1440. The summed E-state index contributed by atoms with van der Waals surface area (Å²) < 4.78 is 42.8. The van der Waals surface area contributed by atoms with Gasteiger partial charge in [0.15, 0.2) is 0 Å². The molecule has 0 radical (unpaired) electrons. The molecule has 2 bridgehead atoms. The zero-order valence-corrected chi connectivity index (χ0v) is 21.7. The number of imide groups is 1. The molecular formula is C29H25F3N2O4S. The molecule has 1 N–H and O–H groups in total. The number of carbonyl (C=O) groups excluding carboxylic acids is 2. The lowest BCUT2D eigenvalue weighted by Crippen LogP contribution is -2.58. The third-order valence-electron chi connectivity index (χ3n) is 7.96. The highest BCUT2D eigenvalue weighted by Gasteiger charge is 2.63. The lowest BCUT2D eigenvalue weighted by molar-refractivity contribution is -0.274. The van der Waals surface area contributed by atoms with Crippen molar-refractivity contribution < 1.29 is 32.6 Å². The molecule has 2 saturated heterocycles. The zero-order chi connectivity index (χ0) is 27.5. The van der Waals surface area contributed by atoms with E-state index >= 15 is 0 Å². The van der Waals surface area contributed by atoms with Crippen LogP contribution in [0.5, 0.6) is 5.75 Å². The molecule has 5 unspecified atom stereocenters. The summed E-state index contributed by atoms with van der Waals surface area (Å²) in [6, 6.07) is 16.6. The first-order valence-electron chi connectivity index (χ1n) is 12.5. The number of alkyl halides is 3. The van der Waals surface area contributed by atoms with Gasteiger partial charge >= 0.3 is 6.36 Å². The molecule has 7 rings (SSSR count). The fraction of sp³-hybridized carbons (Fsp3) is 0.310. The molecule has 0 spiro atoms. The third kappa shape index (κ3) is 4.46. The second kappa shape index (κ2) is 9.62. The summed E-state index contributed by atoms with van der Waals surface area (Å²) in [7, 11) is 1.51. The number of rotatable bonds is 6. The standard InChI is InChI=1S/C29H25F3N2O4S/c1-33-27(36)24-21-13-20(18-9-7-16(15-35)8-10-18)23(25(24)28(33)37)26(22-6-3-11-39-22)34(21)14-17-4-2-5-19(12-17)38-29(30,31)32/h2-13,21,23-26,35H,14-15H2,1H3. The van der Waals surface area contributed by atoms with Gasteiger partial charge in [0.05, 0.1) is 24.5 Å². The van der Waals surface area contributed by atoms with Crippen molar-refractivity contribution in [3.63, 3.8) is 0 Å². The first-order chi connectivity index (χ1) is 18.7. The minimum atomic E-state index is -4.81. The molecule has 3 aromatic rings. The fourth-order valence-corrected chi connectivity index (χ4v) is 7.29. The minimum Gasteiger partial charge on any atom is -0.406 e. The predicted molar refractivity (Wildman–Crippen MR) is 138 cm³/mol. The second-order valence-electron chi connectivity index (χ2n) is 10.1. The van der Waals surface area contributed by atoms with Gasteiger partial charge in [-0.2, -0.15) is 0 Å². The number of aliphatic hydroxyl groups excluding tert-OH is 1. The van der Waals surface area contributed by atoms with Gasteiger partial charge in [-0.05, 0) is 45.8 Å². The highest BCUT2D eigenvalue weighted by molar-refractivity contribution is 7.10. The number of hydrogen-bond acceptors (Lipinski definition) is 6. The van der Waals surface area contributed by atoms with Crippen molar-refractivity contribution in [3.05, 3.63) is 93.7 Å². The average molecular weight is 555 g/mol. The Balaban J connectivity index is 1.47. The number of hydrogen-bond donors (Lipinski definition) is 1. The fourth-order valence-electron chi connectivity index (χ4n) is 6.40. The van der Waals surface area contributed by atoms with Crippen molar-refractivity contribution in [2.75, 3.05) is 7.05 Å². The molecule has 1 aliphatic carbocycles. The van der Waals surface area contributed by atoms with Crippen LogP contribution in [-0.4, -0.2) is 46.2 Å². The Kier molecular flexibility index (Phi) is 6.36. The summed E-state index contributed by atoms with van der Waals surface area (Å²) in [5.41, 5.74) is 3.25. The Hall–Kier alpha value is -3.47. The maximum Gasteiger partial charge on any atom is 0.573 e. The molecule has 6 nitrogen and oxygen atoms in total. The maximum atomic E-state index is 13.5. The van der Waals surface area contributed by atoms with Crippen LogP contribution in [0.15, 0.2) is 72.1 Å². The van der Waals surface area contributed by atoms with E-state index in [1.807, 2.05) is 47.9 Å². The van der Waals surface area contributed by atoms with E-state index in [0.717, 1.165) is 21.6 Å². The smallest absolute Gasteiger partial charge is 0.406 e. The van der Waals surface area contributed by atoms with Crippen LogP contribution in [0.4, 0.5) is 13.2 Å². The van der Waals surface area contributed by atoms with Gasteiger partial charge in [-0.25, -0.2) is 0 Å². The normalized spacial score (nSPS) is 26.6. The Morgan fingerprint density at radius 3 is 2.36 bits per heavy atom. The van der Waals surface area contributed by atoms with Crippen molar-refractivity contribution in [1.29, 1.82) is 0 Å². The molecule has 2 fully saturated rings. The summed E-state index contributed by atoms with van der Waals surface area (Å²) in [5, 5.41) is 11.5. The second-order valence-corrected chi connectivity index (χ2v) is 11.1. The number of halogens is 3. The van der Waals surface area contributed by atoms with Gasteiger partial charge in [0.2, 0.25) is 11.8 Å². The molecule has 10 heteroatoms. The quantitative estimate of drug-likeness (QED) is 0.434. The highest BCUT2D eigenvalue weighted by Crippen LogP contribution is 2.59. The van der Waals surface area contributed by atoms with Gasteiger partial charge in [0.25, 0.3) is 0 Å². The molecule has 202 valence electrons. The summed E-state index contributed by atoms with van der Waals surface area (Å²) in [4.78, 5) is 31.2. The SMILES string of the molecule is CN1C(=O)C2C(C1=O)C1C=C(c3ccc(CO)cc3)C2C(c2cccs2)N1Cc1cccc(OC(F)(F)F)c1. The average Bonchev–Trinajstić information content (AvgIpc) is 3.52. The van der Waals surface area contributed by atoms with Crippen molar-refractivity contribution >= 4 is 28.7 Å². The minimum absolute atomic E-state index is 0.0867. The van der Waals surface area contributed by atoms with E-state index in [1.54, 1.807) is 17.4 Å². The summed E-state index contributed by atoms with van der Waals surface area (Å²) in [5.74, 6) is -2.24. The first-order valence-corrected chi connectivity index (χ1v) is 13.4. The van der Waals surface area contributed by atoms with Crippen LogP contribution in [0.3, 0.4) is 0 Å². The lowest BCUT2D eigenvalue weighted by atomic mass is 9.61. The van der Waals surface area contributed by atoms with E-state index < -0.39 is 24.2 Å². The van der Waals surface area contributed by atoms with Crippen LogP contribution >= 0.6 is 11.3 Å². The van der Waals surface area contributed by atoms with E-state index in [4.69, 9.17) is 0 Å². The third-order valence-corrected chi connectivity index (χ3v) is 8.91. The van der Waals surface area contributed by atoms with Crippen molar-refractivity contribution in [3.8, 4) is 5.75 Å². The largest absolute Gasteiger partial charge is 0.573 e. The molecule has 1 aromatic heterocycles. The van der Waals surface area contributed by atoms with Gasteiger partial charge in [0.1, 0.15) is 5.75 Å². The van der Waals surface area contributed by atoms with E-state index in [1.165, 1.54) is 30.1 Å². The van der Waals surface area contributed by atoms with Crippen molar-refractivity contribution in [2.45, 2.75) is 31.6 Å². The van der Waals surface area contributed by atoms with E-state index in [-0.39, 0.29) is 42.7 Å². The molecule has 4 heterocycles. The van der Waals surface area contributed by atoms with E-state index in [2.05, 4.69) is 9.64 Å². The number of aliphatic hydroxyl groups is 1. The van der Waals surface area contributed by atoms with Crippen LogP contribution in [0.2, 0.25) is 0 Å². The van der Waals surface area contributed by atoms with Gasteiger partial charge in [-0.1, -0.05) is 48.5 Å². The molecule has 3 aliphatic heterocycles. The Morgan fingerprint density at radius 1 is 0.949 bits per heavy atom. The number of thiophene rings is 1. The van der Waals surface area contributed by atoms with Gasteiger partial charge in [-0.3, -0.25) is 19.4 Å². The number of likely N-dealkylation sites (tertiary alicyclic amines) is 1. The predicted octanol–water partition coefficient (Wildman–Crippen LogP) is 5.01. The molecule has 0 saturated carbocycles. The van der Waals surface area contributed by atoms with Gasteiger partial charge in [-0.15, -0.1) is 24.5 Å². The van der Waals surface area contributed by atoms with Crippen LogP contribution in [0.25, 0.3) is 5.57 Å². The molecule has 4 aliphatic rings. The maximum absolute atomic E-state index is 13.5. The van der Waals surface area contributed by atoms with Gasteiger partial charge < -0.3 is 9.84 Å². The van der Waals surface area contributed by atoms with E-state index in [0.29, 0.717) is 5.56 Å². The molecule has 2 aromatic carbocycles. The number of benzene rings is 2. The number of piperidine rings is 1. The van der Waals surface area contributed by atoms with Crippen molar-refractivity contribution in [1.82, 2.24) is 9.80 Å². The van der Waals surface area contributed by atoms with Crippen LogP contribution in [0.1, 0.15) is 27.6 Å². The van der Waals surface area contributed by atoms with Crippen LogP contribution < -0.4 is 4.74 Å². The highest BCUT2D eigenvalue weighted by atomic mass is 32.1. The number of nitrogens with zero attached hydrogens (tertiary/aromatic N) is 2. The topological polar surface area (TPSA) is 70.1 Å². The lowest BCUT2D eigenvalue weighted by Gasteiger charge is -2.54. The Labute approximate surface area is 226 Å². The molecule has 5 atom stereocenters. The van der Waals surface area contributed by atoms with Crippen LogP contribution in [0, 0.1) is 17.8 Å². The summed E-state index contributed by atoms with van der Waals surface area (Å²) >= 11 is 1.55. The number of carbonyl (C=O) groups is 2. The number of amides is 2. The summed E-state index contributed by atoms with van der Waals surface area (Å²) in [6.07, 6.45) is -2.76. The number of ether oxygens (including phenoxy) is 1. The van der Waals surface area contributed by atoms with E-state index in [9.17, 15) is 27.9 Å². The molecular weight excluding hydrogens is 529 g/mol. The first kappa shape index (κ1) is 25.8. The van der Waals surface area contributed by atoms with Crippen LogP contribution in [-0.2, 0) is 22.7 Å². The Morgan fingerprint density at radius 2 is 1.69 bits per heavy atom. The summed E-state index contributed by atoms with van der Waals surface area (Å²) in [6.45, 7) is 0.178. The molecule has 39 heavy (non-hydrogen) atoms. The zero-order valence-electron chi connectivity index (χ0n) is 20.8. The van der Waals surface area contributed by atoms with Gasteiger partial charge in [0, 0.05) is 30.4 Å².